The first-order valence-corrected chi connectivity index (χ1v) is 21.9. The van der Waals surface area contributed by atoms with Gasteiger partial charge in [0.1, 0.15) is 30.1 Å². The summed E-state index contributed by atoms with van der Waals surface area (Å²) in [6, 6.07) is 48.9. The van der Waals surface area contributed by atoms with Gasteiger partial charge in [-0.25, -0.2) is 19.9 Å². The molecule has 11 aromatic rings. The largest absolute Gasteiger partial charge is 0.456 e. The molecular formula is C51H39BrN10O3. The van der Waals surface area contributed by atoms with Crippen molar-refractivity contribution in [2.45, 2.75) is 19.4 Å². The number of furan rings is 1. The highest BCUT2D eigenvalue weighted by Gasteiger charge is 2.22. The van der Waals surface area contributed by atoms with Crippen molar-refractivity contribution in [3.8, 4) is 11.3 Å². The van der Waals surface area contributed by atoms with Gasteiger partial charge in [0.15, 0.2) is 5.76 Å². The molecule has 318 valence electrons. The topological polar surface area (TPSA) is 143 Å². The van der Waals surface area contributed by atoms with Gasteiger partial charge in [0.25, 0.3) is 0 Å². The summed E-state index contributed by atoms with van der Waals surface area (Å²) < 4.78 is 22.2. The molecule has 0 aliphatic carbocycles. The molecule has 13 nitrogen and oxygen atoms in total. The SMILES string of the molecule is Brc1ccc2ncnc(Nc3ccc4c(cnn4Cc4ccccc4)c3)c2c1.c1ccc(Cn2ncc3cc(Nc4ncnc5ccc(-c6ccc(C7OCCO7)o6)cc45)ccc32)cc1. The normalized spacial score (nSPS) is 12.8. The van der Waals surface area contributed by atoms with Crippen LogP contribution in [-0.2, 0) is 22.6 Å². The number of halogens is 1. The zero-order chi connectivity index (χ0) is 43.5. The Balaban J connectivity index is 0.000000150. The molecule has 0 atom stereocenters. The molecule has 14 heteroatoms. The lowest BCUT2D eigenvalue weighted by molar-refractivity contribution is -0.0585. The molecule has 6 aromatic carbocycles. The molecule has 0 unspecified atom stereocenters. The summed E-state index contributed by atoms with van der Waals surface area (Å²) in [5.74, 6) is 2.90. The Morgan fingerprint density at radius 3 is 1.69 bits per heavy atom. The summed E-state index contributed by atoms with van der Waals surface area (Å²) in [4.78, 5) is 17.7. The summed E-state index contributed by atoms with van der Waals surface area (Å²) in [6.45, 7) is 2.62. The van der Waals surface area contributed by atoms with Gasteiger partial charge in [-0.05, 0) is 96.1 Å². The molecule has 0 saturated carbocycles. The van der Waals surface area contributed by atoms with Gasteiger partial charge in [-0.15, -0.1) is 0 Å². The van der Waals surface area contributed by atoms with Gasteiger partial charge in [-0.2, -0.15) is 10.2 Å². The maximum absolute atomic E-state index is 6.03. The van der Waals surface area contributed by atoms with Crippen LogP contribution in [0.2, 0.25) is 0 Å². The lowest BCUT2D eigenvalue weighted by Gasteiger charge is -2.10. The highest BCUT2D eigenvalue weighted by molar-refractivity contribution is 9.10. The van der Waals surface area contributed by atoms with Crippen molar-refractivity contribution in [2.75, 3.05) is 23.8 Å². The second kappa shape index (κ2) is 17.8. The van der Waals surface area contributed by atoms with Gasteiger partial charge in [0, 0.05) is 43.0 Å². The Labute approximate surface area is 380 Å². The van der Waals surface area contributed by atoms with Crippen molar-refractivity contribution in [3.63, 3.8) is 0 Å². The molecular weight excluding hydrogens is 881 g/mol. The minimum Gasteiger partial charge on any atom is -0.456 e. The van der Waals surface area contributed by atoms with Crippen molar-refractivity contribution in [3.05, 3.63) is 192 Å². The number of nitrogens with zero attached hydrogens (tertiary/aromatic N) is 8. The molecule has 6 heterocycles. The summed E-state index contributed by atoms with van der Waals surface area (Å²) in [5, 5.41) is 20.0. The van der Waals surface area contributed by atoms with E-state index in [9.17, 15) is 0 Å². The minimum absolute atomic E-state index is 0.443. The first kappa shape index (κ1) is 40.0. The highest BCUT2D eigenvalue weighted by atomic mass is 79.9. The number of anilines is 4. The van der Waals surface area contributed by atoms with Crippen LogP contribution in [0.1, 0.15) is 23.2 Å². The van der Waals surface area contributed by atoms with Crippen LogP contribution in [0.3, 0.4) is 0 Å². The fourth-order valence-electron chi connectivity index (χ4n) is 7.96. The summed E-state index contributed by atoms with van der Waals surface area (Å²) in [5.41, 5.74) is 9.17. The number of rotatable bonds is 10. The number of hydrogen-bond acceptors (Lipinski definition) is 11. The molecule has 1 aliphatic rings. The van der Waals surface area contributed by atoms with Gasteiger partial charge >= 0.3 is 0 Å². The Kier molecular flexibility index (Phi) is 10.9. The fraction of sp³-hybridized carbons (Fsp3) is 0.0980. The van der Waals surface area contributed by atoms with E-state index in [0.29, 0.717) is 19.0 Å². The van der Waals surface area contributed by atoms with Crippen molar-refractivity contribution in [1.82, 2.24) is 39.5 Å². The van der Waals surface area contributed by atoms with Crippen LogP contribution in [0.5, 0.6) is 0 Å². The number of hydrogen-bond donors (Lipinski definition) is 2. The molecule has 12 rings (SSSR count). The second-order valence-corrected chi connectivity index (χ2v) is 16.4. The second-order valence-electron chi connectivity index (χ2n) is 15.5. The Bertz CT molecular complexity index is 3440. The zero-order valence-electron chi connectivity index (χ0n) is 34.8. The van der Waals surface area contributed by atoms with Crippen LogP contribution in [-0.4, -0.2) is 52.7 Å². The quantitative estimate of drug-likeness (QED) is 0.135. The predicted molar refractivity (Wildman–Crippen MR) is 256 cm³/mol. The predicted octanol–water partition coefficient (Wildman–Crippen LogP) is 11.6. The number of nitrogens with one attached hydrogen (secondary N) is 2. The molecule has 0 spiro atoms. The maximum Gasteiger partial charge on any atom is 0.217 e. The molecule has 0 bridgehead atoms. The first-order valence-electron chi connectivity index (χ1n) is 21.1. The number of benzene rings is 6. The molecule has 0 radical (unpaired) electrons. The zero-order valence-corrected chi connectivity index (χ0v) is 36.3. The van der Waals surface area contributed by atoms with Gasteiger partial charge < -0.3 is 24.5 Å². The molecule has 2 N–H and O–H groups in total. The van der Waals surface area contributed by atoms with Crippen LogP contribution in [0.15, 0.2) is 180 Å². The monoisotopic (exact) mass is 918 g/mol. The lowest BCUT2D eigenvalue weighted by atomic mass is 10.1. The van der Waals surface area contributed by atoms with Crippen LogP contribution in [0.25, 0.3) is 54.9 Å². The van der Waals surface area contributed by atoms with E-state index >= 15 is 0 Å². The molecule has 1 fully saturated rings. The highest BCUT2D eigenvalue weighted by Crippen LogP contribution is 2.34. The summed E-state index contributed by atoms with van der Waals surface area (Å²) in [7, 11) is 0. The standard InChI is InChI=1S/C29H23N5O3.C22H16BrN5/c1-2-4-19(5-3-1)17-34-25-9-7-22(14-21(25)16-32-34)33-28-23-15-20(6-8-24(23)30-18-31-28)26-10-11-27(37-26)29-35-12-13-36-29;23-17-6-8-20-19(11-17)22(25-14-24-20)27-18-7-9-21-16(10-18)12-26-28(21)13-15-4-2-1-3-5-15/h1-11,14-16,18,29H,12-13,17H2,(H,30,31,33);1-12,14H,13H2,(H,24,25,27). The van der Waals surface area contributed by atoms with Crippen molar-refractivity contribution >= 4 is 82.6 Å². The molecule has 1 saturated heterocycles. The third-order valence-electron chi connectivity index (χ3n) is 11.2. The van der Waals surface area contributed by atoms with Crippen LogP contribution in [0.4, 0.5) is 23.0 Å². The van der Waals surface area contributed by atoms with E-state index < -0.39 is 6.29 Å². The molecule has 0 amide bonds. The van der Waals surface area contributed by atoms with Gasteiger partial charge in [-0.1, -0.05) is 76.6 Å². The molecule has 5 aromatic heterocycles. The fourth-order valence-corrected chi connectivity index (χ4v) is 8.32. The summed E-state index contributed by atoms with van der Waals surface area (Å²) >= 11 is 3.52. The number of ether oxygens (including phenoxy) is 2. The minimum atomic E-state index is -0.443. The smallest absolute Gasteiger partial charge is 0.217 e. The number of aromatic nitrogens is 8. The van der Waals surface area contributed by atoms with E-state index in [-0.39, 0.29) is 0 Å². The lowest BCUT2D eigenvalue weighted by Crippen LogP contribution is -2.01. The number of fused-ring (bicyclic) bond motifs is 4. The first-order chi connectivity index (χ1) is 32.1. The van der Waals surface area contributed by atoms with Gasteiger partial charge in [0.2, 0.25) is 6.29 Å². The van der Waals surface area contributed by atoms with Crippen LogP contribution >= 0.6 is 15.9 Å². The van der Waals surface area contributed by atoms with E-state index in [4.69, 9.17) is 13.9 Å². The van der Waals surface area contributed by atoms with E-state index in [2.05, 4.69) is 111 Å². The third kappa shape index (κ3) is 8.65. The van der Waals surface area contributed by atoms with E-state index in [1.165, 1.54) is 11.1 Å². The average molecular weight is 920 g/mol. The molecule has 1 aliphatic heterocycles. The summed E-state index contributed by atoms with van der Waals surface area (Å²) in [6.07, 6.45) is 6.50. The van der Waals surface area contributed by atoms with E-state index in [1.807, 2.05) is 113 Å². The van der Waals surface area contributed by atoms with Crippen molar-refractivity contribution in [1.29, 1.82) is 0 Å². The average Bonchev–Trinajstić information content (AvgIpc) is 4.19. The van der Waals surface area contributed by atoms with Crippen molar-refractivity contribution < 1.29 is 13.9 Å². The van der Waals surface area contributed by atoms with Crippen LogP contribution < -0.4 is 10.6 Å². The van der Waals surface area contributed by atoms with Gasteiger partial charge in [0.05, 0.1) is 60.8 Å². The van der Waals surface area contributed by atoms with E-state index in [1.54, 1.807) is 12.7 Å². The Morgan fingerprint density at radius 2 is 1.11 bits per heavy atom. The molecule has 65 heavy (non-hydrogen) atoms. The Hall–Kier alpha value is -7.78. The van der Waals surface area contributed by atoms with Crippen LogP contribution in [0, 0.1) is 0 Å². The Morgan fingerprint density at radius 1 is 0.554 bits per heavy atom. The van der Waals surface area contributed by atoms with Gasteiger partial charge in [-0.3, -0.25) is 9.36 Å². The maximum atomic E-state index is 6.03. The van der Waals surface area contributed by atoms with E-state index in [0.717, 1.165) is 95.5 Å². The third-order valence-corrected chi connectivity index (χ3v) is 11.7. The van der Waals surface area contributed by atoms with Crippen molar-refractivity contribution in [2.24, 2.45) is 0 Å².